The molecule has 0 saturated heterocycles. The molecule has 0 bridgehead atoms. The standard InChI is InChI=1S/C26H32O5P2/c1-4-30-32(28,23-16-10-6-11-17-23)25(20-21(2)3)31-33(29,24-18-12-7-13-19-24)26(27)22-14-8-5-9-15-22/h5-19,21,25-27H,4,20H2,1-3H3/t25-,26+,32-,33+/m1/s1. The number of rotatable bonds is 11. The van der Waals surface area contributed by atoms with E-state index in [-0.39, 0.29) is 12.5 Å². The van der Waals surface area contributed by atoms with Crippen molar-refractivity contribution in [2.24, 2.45) is 5.92 Å². The van der Waals surface area contributed by atoms with Gasteiger partial charge in [-0.05, 0) is 49.1 Å². The van der Waals surface area contributed by atoms with E-state index < -0.39 is 26.4 Å². The van der Waals surface area contributed by atoms with E-state index in [0.29, 0.717) is 22.6 Å². The highest BCUT2D eigenvalue weighted by atomic mass is 31.2. The zero-order chi connectivity index (χ0) is 23.9. The van der Waals surface area contributed by atoms with Crippen molar-refractivity contribution in [2.45, 2.75) is 38.9 Å². The smallest absolute Gasteiger partial charge is 0.264 e. The summed E-state index contributed by atoms with van der Waals surface area (Å²) in [5, 5.41) is 12.2. The van der Waals surface area contributed by atoms with Gasteiger partial charge in [0.05, 0.1) is 6.61 Å². The summed E-state index contributed by atoms with van der Waals surface area (Å²) >= 11 is 0. The van der Waals surface area contributed by atoms with Gasteiger partial charge in [0.25, 0.3) is 14.7 Å². The third-order valence-electron chi connectivity index (χ3n) is 5.30. The van der Waals surface area contributed by atoms with Crippen molar-refractivity contribution in [1.82, 2.24) is 0 Å². The first kappa shape index (κ1) is 25.6. The highest BCUT2D eigenvalue weighted by molar-refractivity contribution is 7.70. The Morgan fingerprint density at radius 1 is 0.758 bits per heavy atom. The molecule has 0 radical (unpaired) electrons. The largest absolute Gasteiger partial charge is 0.378 e. The van der Waals surface area contributed by atoms with E-state index in [2.05, 4.69) is 0 Å². The van der Waals surface area contributed by atoms with E-state index in [1.165, 1.54) is 0 Å². The molecule has 7 heteroatoms. The fourth-order valence-corrected chi connectivity index (χ4v) is 9.05. The van der Waals surface area contributed by atoms with Gasteiger partial charge in [-0.15, -0.1) is 0 Å². The predicted octanol–water partition coefficient (Wildman–Crippen LogP) is 6.31. The van der Waals surface area contributed by atoms with Crippen LogP contribution in [-0.4, -0.2) is 17.6 Å². The molecule has 5 nitrogen and oxygen atoms in total. The quantitative estimate of drug-likeness (QED) is 0.322. The van der Waals surface area contributed by atoms with Gasteiger partial charge in [-0.1, -0.05) is 80.6 Å². The van der Waals surface area contributed by atoms with Crippen LogP contribution in [0.5, 0.6) is 0 Å². The Labute approximate surface area is 196 Å². The molecular weight excluding hydrogens is 454 g/mol. The molecular formula is C26H32O5P2. The monoisotopic (exact) mass is 486 g/mol. The maximum atomic E-state index is 14.5. The number of hydrogen-bond donors (Lipinski definition) is 1. The fraction of sp³-hybridized carbons (Fsp3) is 0.308. The Kier molecular flexibility index (Phi) is 8.87. The summed E-state index contributed by atoms with van der Waals surface area (Å²) < 4.78 is 41.1. The zero-order valence-electron chi connectivity index (χ0n) is 19.3. The van der Waals surface area contributed by atoms with Crippen molar-refractivity contribution < 1.29 is 23.3 Å². The van der Waals surface area contributed by atoms with Gasteiger partial charge in [0, 0.05) is 10.6 Å². The number of aliphatic hydroxyl groups excluding tert-OH is 1. The van der Waals surface area contributed by atoms with E-state index in [9.17, 15) is 14.2 Å². The molecule has 0 heterocycles. The molecule has 0 aliphatic carbocycles. The summed E-state index contributed by atoms with van der Waals surface area (Å²) in [5.74, 6) is -2.32. The van der Waals surface area contributed by atoms with Gasteiger partial charge in [0.15, 0.2) is 5.85 Å². The Morgan fingerprint density at radius 2 is 1.21 bits per heavy atom. The van der Waals surface area contributed by atoms with Crippen molar-refractivity contribution in [3.8, 4) is 0 Å². The molecule has 4 atom stereocenters. The maximum Gasteiger partial charge on any atom is 0.264 e. The van der Waals surface area contributed by atoms with Crippen LogP contribution in [0.25, 0.3) is 0 Å². The lowest BCUT2D eigenvalue weighted by Gasteiger charge is -2.34. The number of benzene rings is 3. The number of aliphatic hydroxyl groups is 1. The van der Waals surface area contributed by atoms with Crippen molar-refractivity contribution >= 4 is 25.3 Å². The molecule has 0 aliphatic heterocycles. The minimum absolute atomic E-state index is 0.0885. The van der Waals surface area contributed by atoms with Crippen LogP contribution in [0.3, 0.4) is 0 Å². The van der Waals surface area contributed by atoms with Crippen LogP contribution in [0.2, 0.25) is 0 Å². The second-order valence-electron chi connectivity index (χ2n) is 8.26. The summed E-state index contributed by atoms with van der Waals surface area (Å²) in [4.78, 5) is 0. The summed E-state index contributed by atoms with van der Waals surface area (Å²) in [6.45, 7) is 5.95. The van der Waals surface area contributed by atoms with E-state index in [4.69, 9.17) is 9.05 Å². The molecule has 0 saturated carbocycles. The van der Waals surface area contributed by atoms with Gasteiger partial charge < -0.3 is 14.2 Å². The summed E-state index contributed by atoms with van der Waals surface area (Å²) in [5.41, 5.74) is 0.471. The van der Waals surface area contributed by atoms with Crippen molar-refractivity contribution in [2.75, 3.05) is 6.61 Å². The van der Waals surface area contributed by atoms with Crippen molar-refractivity contribution in [1.29, 1.82) is 0 Å². The van der Waals surface area contributed by atoms with Gasteiger partial charge in [-0.25, -0.2) is 0 Å². The Balaban J connectivity index is 2.14. The Bertz CT molecular complexity index is 1090. The molecule has 0 aromatic heterocycles. The molecule has 3 rings (SSSR count). The minimum Gasteiger partial charge on any atom is -0.378 e. The van der Waals surface area contributed by atoms with E-state index in [1.54, 1.807) is 79.7 Å². The first-order chi connectivity index (χ1) is 15.8. The third-order valence-corrected chi connectivity index (χ3v) is 10.7. The van der Waals surface area contributed by atoms with Gasteiger partial charge in [-0.3, -0.25) is 9.13 Å². The lowest BCUT2D eigenvalue weighted by atomic mass is 10.1. The zero-order valence-corrected chi connectivity index (χ0v) is 21.1. The second-order valence-corrected chi connectivity index (χ2v) is 13.2. The Morgan fingerprint density at radius 3 is 1.67 bits per heavy atom. The SMILES string of the molecule is CCO[P@](=O)(c1ccccc1)[C@H](CC(C)C)O[P@@](=O)(c1ccccc1)[C@H](O)c1ccccc1. The molecule has 3 aromatic carbocycles. The van der Waals surface area contributed by atoms with Crippen molar-refractivity contribution in [3.63, 3.8) is 0 Å². The number of hydrogen-bond acceptors (Lipinski definition) is 5. The summed E-state index contributed by atoms with van der Waals surface area (Å²) in [6.07, 6.45) is 0.352. The van der Waals surface area contributed by atoms with E-state index in [1.807, 2.05) is 32.0 Å². The fourth-order valence-electron chi connectivity index (χ4n) is 3.70. The molecule has 33 heavy (non-hydrogen) atoms. The first-order valence-corrected chi connectivity index (χ1v) is 14.6. The van der Waals surface area contributed by atoms with Crippen molar-refractivity contribution in [3.05, 3.63) is 96.6 Å². The van der Waals surface area contributed by atoms with Gasteiger partial charge in [0.2, 0.25) is 0 Å². The second kappa shape index (κ2) is 11.4. The Hall–Kier alpha value is -2.00. The third kappa shape index (κ3) is 5.93. The van der Waals surface area contributed by atoms with Gasteiger partial charge >= 0.3 is 0 Å². The molecule has 0 aliphatic rings. The summed E-state index contributed by atoms with van der Waals surface area (Å²) in [7, 11) is -7.52. The van der Waals surface area contributed by atoms with Crippen LogP contribution < -0.4 is 10.6 Å². The van der Waals surface area contributed by atoms with E-state index >= 15 is 0 Å². The van der Waals surface area contributed by atoms with E-state index in [0.717, 1.165) is 0 Å². The molecule has 0 unspecified atom stereocenters. The molecule has 0 fully saturated rings. The predicted molar refractivity (Wildman–Crippen MR) is 135 cm³/mol. The van der Waals surface area contributed by atoms with Crippen LogP contribution in [0.1, 0.15) is 38.6 Å². The van der Waals surface area contributed by atoms with Crippen LogP contribution in [0.15, 0.2) is 91.0 Å². The lowest BCUT2D eigenvalue weighted by Crippen LogP contribution is -2.27. The van der Waals surface area contributed by atoms with Gasteiger partial charge in [0.1, 0.15) is 5.85 Å². The highest BCUT2D eigenvalue weighted by Gasteiger charge is 2.46. The average Bonchev–Trinajstić information content (AvgIpc) is 2.84. The van der Waals surface area contributed by atoms with Crippen LogP contribution >= 0.6 is 14.7 Å². The van der Waals surface area contributed by atoms with Gasteiger partial charge in [-0.2, -0.15) is 0 Å². The topological polar surface area (TPSA) is 72.8 Å². The average molecular weight is 486 g/mol. The molecule has 1 N–H and O–H groups in total. The van der Waals surface area contributed by atoms with Crippen LogP contribution in [-0.2, 0) is 18.2 Å². The summed E-state index contributed by atoms with van der Waals surface area (Å²) in [6, 6.07) is 26.4. The first-order valence-electron chi connectivity index (χ1n) is 11.2. The minimum atomic E-state index is -3.93. The highest BCUT2D eigenvalue weighted by Crippen LogP contribution is 2.65. The normalized spacial score (nSPS) is 17.1. The molecule has 3 aromatic rings. The van der Waals surface area contributed by atoms with Crippen LogP contribution in [0.4, 0.5) is 0 Å². The maximum absolute atomic E-state index is 14.5. The molecule has 176 valence electrons. The molecule has 0 spiro atoms. The molecule has 0 amide bonds. The lowest BCUT2D eigenvalue weighted by molar-refractivity contribution is 0.179. The van der Waals surface area contributed by atoms with Crippen LogP contribution in [0, 0.1) is 5.92 Å².